The molecule has 0 aliphatic carbocycles. The molecule has 0 radical (unpaired) electrons. The number of fused-ring (bicyclic) bond motifs is 1. The number of rotatable bonds is 4. The molecule has 8 heteroatoms. The van der Waals surface area contributed by atoms with Crippen molar-refractivity contribution in [2.75, 3.05) is 33.2 Å². The van der Waals surface area contributed by atoms with Gasteiger partial charge in [-0.05, 0) is 18.9 Å². The molecule has 1 aromatic heterocycles. The minimum absolute atomic E-state index is 0.177. The smallest absolute Gasteiger partial charge is 0.322 e. The number of anilines is 1. The number of carbonyl (C=O) groups excluding carboxylic acids is 1. The van der Waals surface area contributed by atoms with Crippen LogP contribution in [0.5, 0.6) is 17.2 Å². The van der Waals surface area contributed by atoms with E-state index < -0.39 is 0 Å². The van der Waals surface area contributed by atoms with E-state index in [-0.39, 0.29) is 6.03 Å². The molecule has 8 nitrogen and oxygen atoms in total. The first-order valence-electron chi connectivity index (χ1n) is 8.35. The Bertz CT molecular complexity index is 806. The van der Waals surface area contributed by atoms with E-state index in [1.807, 2.05) is 18.7 Å². The lowest BCUT2D eigenvalue weighted by Crippen LogP contribution is -2.39. The quantitative estimate of drug-likeness (QED) is 0.906. The normalized spacial score (nSPS) is 13.2. The second kappa shape index (κ2) is 7.15. The van der Waals surface area contributed by atoms with E-state index in [9.17, 15) is 4.79 Å². The van der Waals surface area contributed by atoms with E-state index >= 15 is 0 Å². The van der Waals surface area contributed by atoms with Crippen molar-refractivity contribution in [2.45, 2.75) is 19.9 Å². The van der Waals surface area contributed by atoms with Gasteiger partial charge >= 0.3 is 6.03 Å². The summed E-state index contributed by atoms with van der Waals surface area (Å²) in [7, 11) is 6.53. The van der Waals surface area contributed by atoms with E-state index in [0.717, 1.165) is 17.8 Å². The van der Waals surface area contributed by atoms with Crippen LogP contribution in [0.2, 0.25) is 0 Å². The second-order valence-corrected chi connectivity index (χ2v) is 6.15. The lowest BCUT2D eigenvalue weighted by molar-refractivity contribution is 0.204. The summed E-state index contributed by atoms with van der Waals surface area (Å²) in [5.41, 5.74) is 3.93. The van der Waals surface area contributed by atoms with Gasteiger partial charge in [0.2, 0.25) is 5.75 Å². The van der Waals surface area contributed by atoms with Gasteiger partial charge in [-0.3, -0.25) is 4.68 Å². The first-order chi connectivity index (χ1) is 12.5. The standard InChI is InChI=1S/C18H24N4O4/c1-11-13-6-7-22(10-14(13)21(2)20-11)18(23)19-12-8-15(24-3)17(26-5)16(9-12)25-4/h8-9H,6-7,10H2,1-5H3,(H,19,23). The van der Waals surface area contributed by atoms with E-state index in [1.54, 1.807) is 38.4 Å². The van der Waals surface area contributed by atoms with Crippen LogP contribution in [0.1, 0.15) is 17.0 Å². The van der Waals surface area contributed by atoms with Gasteiger partial charge in [-0.2, -0.15) is 5.10 Å². The Morgan fingerprint density at radius 3 is 2.38 bits per heavy atom. The Hall–Kier alpha value is -2.90. The molecule has 0 bridgehead atoms. The Labute approximate surface area is 152 Å². The minimum Gasteiger partial charge on any atom is -0.493 e. The second-order valence-electron chi connectivity index (χ2n) is 6.15. The third kappa shape index (κ3) is 3.14. The molecule has 140 valence electrons. The molecule has 0 spiro atoms. The number of nitrogens with zero attached hydrogens (tertiary/aromatic N) is 3. The van der Waals surface area contributed by atoms with Gasteiger partial charge in [-0.15, -0.1) is 0 Å². The fourth-order valence-electron chi connectivity index (χ4n) is 3.31. The Kier molecular flexibility index (Phi) is 4.92. The van der Waals surface area contributed by atoms with Gasteiger partial charge in [0.05, 0.1) is 44.9 Å². The van der Waals surface area contributed by atoms with Crippen molar-refractivity contribution in [3.05, 3.63) is 29.1 Å². The highest BCUT2D eigenvalue weighted by molar-refractivity contribution is 5.90. The zero-order valence-corrected chi connectivity index (χ0v) is 15.8. The first-order valence-corrected chi connectivity index (χ1v) is 8.35. The molecule has 0 atom stereocenters. The highest BCUT2D eigenvalue weighted by atomic mass is 16.5. The molecule has 1 N–H and O–H groups in total. The van der Waals surface area contributed by atoms with Crippen LogP contribution >= 0.6 is 0 Å². The summed E-state index contributed by atoms with van der Waals surface area (Å²) in [5.74, 6) is 1.47. The summed E-state index contributed by atoms with van der Waals surface area (Å²) >= 11 is 0. The van der Waals surface area contributed by atoms with E-state index in [2.05, 4.69) is 10.4 Å². The fraction of sp³-hybridized carbons (Fsp3) is 0.444. The number of carbonyl (C=O) groups is 1. The lowest BCUT2D eigenvalue weighted by Gasteiger charge is -2.28. The van der Waals surface area contributed by atoms with Crippen LogP contribution in [-0.4, -0.2) is 48.6 Å². The molecule has 26 heavy (non-hydrogen) atoms. The summed E-state index contributed by atoms with van der Waals surface area (Å²) in [6.07, 6.45) is 0.803. The van der Waals surface area contributed by atoms with Crippen molar-refractivity contribution in [1.82, 2.24) is 14.7 Å². The average Bonchev–Trinajstić information content (AvgIpc) is 2.94. The van der Waals surface area contributed by atoms with Crippen molar-refractivity contribution in [3.63, 3.8) is 0 Å². The number of hydrogen-bond donors (Lipinski definition) is 1. The van der Waals surface area contributed by atoms with Gasteiger partial charge in [0.15, 0.2) is 11.5 Å². The van der Waals surface area contributed by atoms with E-state index in [4.69, 9.17) is 14.2 Å². The van der Waals surface area contributed by atoms with Gasteiger partial charge < -0.3 is 24.4 Å². The third-order valence-electron chi connectivity index (χ3n) is 4.65. The van der Waals surface area contributed by atoms with E-state index in [0.29, 0.717) is 36.0 Å². The van der Waals surface area contributed by atoms with Gasteiger partial charge in [0, 0.05) is 25.7 Å². The Morgan fingerprint density at radius 1 is 1.15 bits per heavy atom. The molecule has 1 aromatic carbocycles. The number of aryl methyl sites for hydroxylation is 2. The number of amides is 2. The zero-order valence-electron chi connectivity index (χ0n) is 15.8. The summed E-state index contributed by atoms with van der Waals surface area (Å²) in [4.78, 5) is 14.5. The number of benzene rings is 1. The maximum Gasteiger partial charge on any atom is 0.322 e. The maximum atomic E-state index is 12.7. The van der Waals surface area contributed by atoms with Crippen LogP contribution in [0, 0.1) is 6.92 Å². The average molecular weight is 360 g/mol. The lowest BCUT2D eigenvalue weighted by atomic mass is 10.1. The molecule has 2 aromatic rings. The molecular formula is C18H24N4O4. The Balaban J connectivity index is 1.79. The monoisotopic (exact) mass is 360 g/mol. The predicted molar refractivity (Wildman–Crippen MR) is 97.2 cm³/mol. The molecule has 1 aliphatic rings. The third-order valence-corrected chi connectivity index (χ3v) is 4.65. The number of methoxy groups -OCH3 is 3. The number of nitrogens with one attached hydrogen (secondary N) is 1. The highest BCUT2D eigenvalue weighted by Crippen LogP contribution is 2.40. The molecule has 3 rings (SSSR count). The zero-order chi connectivity index (χ0) is 18.8. The molecule has 0 unspecified atom stereocenters. The largest absolute Gasteiger partial charge is 0.493 e. The van der Waals surface area contributed by atoms with Gasteiger partial charge in [-0.1, -0.05) is 0 Å². The van der Waals surface area contributed by atoms with Crippen LogP contribution in [0.15, 0.2) is 12.1 Å². The fourth-order valence-corrected chi connectivity index (χ4v) is 3.31. The van der Waals surface area contributed by atoms with Crippen LogP contribution in [-0.2, 0) is 20.0 Å². The van der Waals surface area contributed by atoms with E-state index in [1.165, 1.54) is 5.56 Å². The number of ether oxygens (including phenoxy) is 3. The van der Waals surface area contributed by atoms with Crippen molar-refractivity contribution in [1.29, 1.82) is 0 Å². The number of aromatic nitrogens is 2. The molecular weight excluding hydrogens is 336 g/mol. The van der Waals surface area contributed by atoms with Crippen molar-refractivity contribution >= 4 is 11.7 Å². The van der Waals surface area contributed by atoms with Crippen LogP contribution in [0.4, 0.5) is 10.5 Å². The summed E-state index contributed by atoms with van der Waals surface area (Å²) in [6, 6.07) is 3.25. The predicted octanol–water partition coefficient (Wildman–Crippen LogP) is 2.34. The summed E-state index contributed by atoms with van der Waals surface area (Å²) in [5, 5.41) is 7.36. The number of urea groups is 1. The first kappa shape index (κ1) is 17.9. The Morgan fingerprint density at radius 2 is 1.81 bits per heavy atom. The van der Waals surface area contributed by atoms with Crippen LogP contribution < -0.4 is 19.5 Å². The van der Waals surface area contributed by atoms with Gasteiger partial charge in [0.1, 0.15) is 0 Å². The maximum absolute atomic E-state index is 12.7. The van der Waals surface area contributed by atoms with Crippen molar-refractivity contribution in [2.24, 2.45) is 7.05 Å². The molecule has 2 heterocycles. The number of hydrogen-bond acceptors (Lipinski definition) is 5. The molecule has 0 saturated carbocycles. The summed E-state index contributed by atoms with van der Waals surface area (Å²) in [6.45, 7) is 3.18. The van der Waals surface area contributed by atoms with Crippen molar-refractivity contribution in [3.8, 4) is 17.2 Å². The van der Waals surface area contributed by atoms with Crippen molar-refractivity contribution < 1.29 is 19.0 Å². The highest BCUT2D eigenvalue weighted by Gasteiger charge is 2.25. The topological polar surface area (TPSA) is 77.9 Å². The van der Waals surface area contributed by atoms with Gasteiger partial charge in [-0.25, -0.2) is 4.79 Å². The summed E-state index contributed by atoms with van der Waals surface area (Å²) < 4.78 is 17.8. The molecule has 1 aliphatic heterocycles. The van der Waals surface area contributed by atoms with Gasteiger partial charge in [0.25, 0.3) is 0 Å². The van der Waals surface area contributed by atoms with Crippen LogP contribution in [0.25, 0.3) is 0 Å². The molecule has 0 fully saturated rings. The molecule has 0 saturated heterocycles. The SMILES string of the molecule is COc1cc(NC(=O)N2CCc3c(C)nn(C)c3C2)cc(OC)c1OC. The minimum atomic E-state index is -0.177. The van der Waals surface area contributed by atoms with Crippen LogP contribution in [0.3, 0.4) is 0 Å². The molecule has 2 amide bonds.